The Morgan fingerprint density at radius 1 is 1.43 bits per heavy atom. The van der Waals surface area contributed by atoms with Gasteiger partial charge < -0.3 is 4.90 Å². The summed E-state index contributed by atoms with van der Waals surface area (Å²) in [4.78, 5) is 12.9. The third-order valence-electron chi connectivity index (χ3n) is 3.20. The molecule has 0 aliphatic heterocycles. The summed E-state index contributed by atoms with van der Waals surface area (Å²) in [5, 5.41) is 3.76. The topological polar surface area (TPSA) is 80.5 Å². The molecule has 0 spiro atoms. The fourth-order valence-electron chi connectivity index (χ4n) is 1.65. The maximum atomic E-state index is 13.8. The smallest absolute Gasteiger partial charge is 0.255 e. The van der Waals surface area contributed by atoms with Crippen molar-refractivity contribution in [2.45, 2.75) is 31.2 Å². The van der Waals surface area contributed by atoms with Gasteiger partial charge in [0.1, 0.15) is 10.7 Å². The van der Waals surface area contributed by atoms with Crippen LogP contribution in [0.4, 0.5) is 4.39 Å². The van der Waals surface area contributed by atoms with Gasteiger partial charge in [-0.05, 0) is 19.4 Å². The van der Waals surface area contributed by atoms with Crippen LogP contribution in [0, 0.1) is 5.82 Å². The normalized spacial score (nSPS) is 13.1. The van der Waals surface area contributed by atoms with Gasteiger partial charge in [0.25, 0.3) is 5.91 Å². The predicted octanol–water partition coefficient (Wildman–Crippen LogP) is 2.65. The minimum absolute atomic E-state index is 0.134. The second kappa shape index (κ2) is 6.48. The SMILES string of the molecule is CCC(C)N(C)C(=O)c1cc(F)c(Cl)c(S(N)(=O)=O)c1Cl. The molecule has 21 heavy (non-hydrogen) atoms. The maximum absolute atomic E-state index is 13.8. The lowest BCUT2D eigenvalue weighted by atomic mass is 10.1. The standard InChI is InChI=1S/C12H15Cl2FN2O3S/c1-4-6(2)17(3)12(18)7-5-8(15)10(14)11(9(7)13)21(16,19)20/h5-6H,4H2,1-3H3,(H2,16,19,20). The number of carbonyl (C=O) groups is 1. The predicted molar refractivity (Wildman–Crippen MR) is 79.6 cm³/mol. The third-order valence-corrected chi connectivity index (χ3v) is 5.17. The Hall–Kier alpha value is -0.890. The fraction of sp³-hybridized carbons (Fsp3) is 0.417. The molecule has 1 unspecified atom stereocenters. The summed E-state index contributed by atoms with van der Waals surface area (Å²) in [5.74, 6) is -1.69. The van der Waals surface area contributed by atoms with Gasteiger partial charge in [-0.1, -0.05) is 30.1 Å². The molecule has 0 aliphatic carbocycles. The average Bonchev–Trinajstić information content (AvgIpc) is 2.38. The number of nitrogens with two attached hydrogens (primary N) is 1. The monoisotopic (exact) mass is 356 g/mol. The van der Waals surface area contributed by atoms with Gasteiger partial charge in [0, 0.05) is 13.1 Å². The second-order valence-corrected chi connectivity index (χ2v) is 6.84. The van der Waals surface area contributed by atoms with E-state index in [1.165, 1.54) is 11.9 Å². The van der Waals surface area contributed by atoms with Crippen LogP contribution in [-0.4, -0.2) is 32.3 Å². The molecule has 0 saturated heterocycles. The number of halogens is 3. The summed E-state index contributed by atoms with van der Waals surface area (Å²) in [6.07, 6.45) is 0.665. The van der Waals surface area contributed by atoms with Gasteiger partial charge in [-0.25, -0.2) is 17.9 Å². The Bertz CT molecular complexity index is 680. The van der Waals surface area contributed by atoms with E-state index in [9.17, 15) is 17.6 Å². The second-order valence-electron chi connectivity index (χ2n) is 4.58. The Kier molecular flexibility index (Phi) is 5.60. The number of hydrogen-bond donors (Lipinski definition) is 1. The maximum Gasteiger partial charge on any atom is 0.255 e. The molecule has 0 fully saturated rings. The van der Waals surface area contributed by atoms with E-state index in [1.54, 1.807) is 6.92 Å². The zero-order valence-corrected chi connectivity index (χ0v) is 14.0. The molecule has 1 atom stereocenters. The summed E-state index contributed by atoms with van der Waals surface area (Å²) in [5.41, 5.74) is -0.301. The van der Waals surface area contributed by atoms with E-state index in [-0.39, 0.29) is 11.6 Å². The molecular formula is C12H15Cl2FN2O3S. The van der Waals surface area contributed by atoms with Crippen LogP contribution < -0.4 is 5.14 Å². The van der Waals surface area contributed by atoms with Crippen LogP contribution in [0.2, 0.25) is 10.0 Å². The van der Waals surface area contributed by atoms with Crippen molar-refractivity contribution < 1.29 is 17.6 Å². The Labute approximate surface area is 132 Å². The summed E-state index contributed by atoms with van der Waals surface area (Å²) >= 11 is 11.5. The zero-order valence-electron chi connectivity index (χ0n) is 11.7. The number of primary sulfonamides is 1. The molecule has 0 radical (unpaired) electrons. The van der Waals surface area contributed by atoms with E-state index in [2.05, 4.69) is 0 Å². The van der Waals surface area contributed by atoms with Gasteiger partial charge in [0.15, 0.2) is 0 Å². The van der Waals surface area contributed by atoms with Crippen LogP contribution >= 0.6 is 23.2 Å². The highest BCUT2D eigenvalue weighted by molar-refractivity contribution is 7.89. The number of sulfonamides is 1. The van der Waals surface area contributed by atoms with E-state index in [4.69, 9.17) is 28.3 Å². The van der Waals surface area contributed by atoms with Crippen LogP contribution in [0.1, 0.15) is 30.6 Å². The Morgan fingerprint density at radius 2 is 1.95 bits per heavy atom. The van der Waals surface area contributed by atoms with Crippen molar-refractivity contribution in [2.24, 2.45) is 5.14 Å². The van der Waals surface area contributed by atoms with Crippen LogP contribution in [-0.2, 0) is 10.0 Å². The van der Waals surface area contributed by atoms with Crippen molar-refractivity contribution in [2.75, 3.05) is 7.05 Å². The molecule has 0 aromatic heterocycles. The Balaban J connectivity index is 3.54. The van der Waals surface area contributed by atoms with Crippen molar-refractivity contribution in [3.05, 3.63) is 27.5 Å². The molecule has 9 heteroatoms. The molecule has 1 rings (SSSR count). The summed E-state index contributed by atoms with van der Waals surface area (Å²) in [6, 6.07) is 0.672. The molecule has 5 nitrogen and oxygen atoms in total. The molecule has 1 aromatic carbocycles. The van der Waals surface area contributed by atoms with Gasteiger partial charge in [-0.3, -0.25) is 4.79 Å². The van der Waals surface area contributed by atoms with Crippen molar-refractivity contribution in [3.63, 3.8) is 0 Å². The van der Waals surface area contributed by atoms with Gasteiger partial charge >= 0.3 is 0 Å². The van der Waals surface area contributed by atoms with Gasteiger partial charge in [-0.15, -0.1) is 0 Å². The first-order valence-electron chi connectivity index (χ1n) is 5.99. The lowest BCUT2D eigenvalue weighted by Crippen LogP contribution is -2.35. The molecule has 0 heterocycles. The van der Waals surface area contributed by atoms with E-state index < -0.39 is 36.7 Å². The number of rotatable bonds is 4. The Morgan fingerprint density at radius 3 is 2.38 bits per heavy atom. The third kappa shape index (κ3) is 3.66. The number of hydrogen-bond acceptors (Lipinski definition) is 3. The van der Waals surface area contributed by atoms with Crippen molar-refractivity contribution in [1.29, 1.82) is 0 Å². The highest BCUT2D eigenvalue weighted by Gasteiger charge is 2.28. The van der Waals surface area contributed by atoms with Crippen LogP contribution in [0.15, 0.2) is 11.0 Å². The van der Waals surface area contributed by atoms with Crippen molar-refractivity contribution >= 4 is 39.1 Å². The highest BCUT2D eigenvalue weighted by Crippen LogP contribution is 2.34. The molecule has 0 saturated carbocycles. The summed E-state index contributed by atoms with van der Waals surface area (Å²) in [7, 11) is -2.86. The minimum Gasteiger partial charge on any atom is -0.339 e. The van der Waals surface area contributed by atoms with Crippen molar-refractivity contribution in [1.82, 2.24) is 4.90 Å². The molecule has 118 valence electrons. The number of nitrogens with zero attached hydrogens (tertiary/aromatic N) is 1. The van der Waals surface area contributed by atoms with Gasteiger partial charge in [-0.2, -0.15) is 0 Å². The minimum atomic E-state index is -4.37. The molecule has 1 aromatic rings. The van der Waals surface area contributed by atoms with Crippen LogP contribution in [0.5, 0.6) is 0 Å². The lowest BCUT2D eigenvalue weighted by molar-refractivity contribution is 0.0740. The van der Waals surface area contributed by atoms with Gasteiger partial charge in [0.05, 0.1) is 15.6 Å². The summed E-state index contributed by atoms with van der Waals surface area (Å²) < 4.78 is 36.7. The number of carbonyl (C=O) groups excluding carboxylic acids is 1. The molecule has 0 bridgehead atoms. The molecule has 1 amide bonds. The first-order chi connectivity index (χ1) is 9.52. The largest absolute Gasteiger partial charge is 0.339 e. The highest BCUT2D eigenvalue weighted by atomic mass is 35.5. The van der Waals surface area contributed by atoms with Crippen LogP contribution in [0.25, 0.3) is 0 Å². The van der Waals surface area contributed by atoms with E-state index in [1.807, 2.05) is 6.92 Å². The lowest BCUT2D eigenvalue weighted by Gasteiger charge is -2.24. The molecule has 0 aliphatic rings. The van der Waals surface area contributed by atoms with Gasteiger partial charge in [0.2, 0.25) is 10.0 Å². The first-order valence-corrected chi connectivity index (χ1v) is 8.30. The van der Waals surface area contributed by atoms with Crippen LogP contribution in [0.3, 0.4) is 0 Å². The van der Waals surface area contributed by atoms with E-state index in [0.29, 0.717) is 6.42 Å². The average molecular weight is 357 g/mol. The fourth-order valence-corrected chi connectivity index (χ4v) is 3.43. The van der Waals surface area contributed by atoms with E-state index in [0.717, 1.165) is 6.07 Å². The number of amides is 1. The van der Waals surface area contributed by atoms with Crippen molar-refractivity contribution in [3.8, 4) is 0 Å². The quantitative estimate of drug-likeness (QED) is 0.842. The molecular weight excluding hydrogens is 342 g/mol. The molecule has 2 N–H and O–H groups in total. The number of benzene rings is 1. The summed E-state index contributed by atoms with van der Waals surface area (Å²) in [6.45, 7) is 3.66. The van der Waals surface area contributed by atoms with E-state index >= 15 is 0 Å². The zero-order chi connectivity index (χ0) is 16.5. The first kappa shape index (κ1) is 18.2.